The van der Waals surface area contributed by atoms with E-state index < -0.39 is 129 Å². The summed E-state index contributed by atoms with van der Waals surface area (Å²) in [6.07, 6.45) is -18.1. The molecule has 3 aliphatic heterocycles. The molecule has 27 nitrogen and oxygen atoms in total. The van der Waals surface area contributed by atoms with Crippen LogP contribution in [0.2, 0.25) is 0 Å². The number of benzene rings is 3. The van der Waals surface area contributed by atoms with E-state index in [0.29, 0.717) is 41.7 Å². The molecule has 16 unspecified atom stereocenters. The number of anilines is 3. The highest BCUT2D eigenvalue weighted by molar-refractivity contribution is 7.47. The summed E-state index contributed by atoms with van der Waals surface area (Å²) in [5.41, 5.74) is 1.93. The molecule has 14 N–H and O–H groups in total. The molecule has 0 aliphatic carbocycles. The third kappa shape index (κ3) is 26.2. The van der Waals surface area contributed by atoms with Gasteiger partial charge in [0.15, 0.2) is 12.2 Å². The van der Waals surface area contributed by atoms with E-state index in [1.807, 2.05) is 113 Å². The fourth-order valence-corrected chi connectivity index (χ4v) is 10.2. The Balaban J connectivity index is 0.000000298. The number of nitrogens with one attached hydrogen (secondary N) is 3. The summed E-state index contributed by atoms with van der Waals surface area (Å²) in [5.74, 6) is -2.84. The molecule has 93 heavy (non-hydrogen) atoms. The van der Waals surface area contributed by atoms with Gasteiger partial charge in [-0.2, -0.15) is 0 Å². The van der Waals surface area contributed by atoms with Gasteiger partial charge < -0.3 is 110 Å². The maximum absolute atomic E-state index is 12.2. The van der Waals surface area contributed by atoms with Crippen LogP contribution in [0.1, 0.15) is 155 Å². The van der Waals surface area contributed by atoms with Gasteiger partial charge in [-0.15, -0.1) is 0 Å². The first-order chi connectivity index (χ1) is 42.4. The van der Waals surface area contributed by atoms with Crippen molar-refractivity contribution in [2.24, 2.45) is 11.8 Å². The lowest BCUT2D eigenvalue weighted by Gasteiger charge is -2.41. The Morgan fingerprint density at radius 1 is 0.462 bits per heavy atom. The second kappa shape index (κ2) is 32.4. The van der Waals surface area contributed by atoms with E-state index in [9.17, 15) is 70.1 Å². The molecule has 3 aromatic carbocycles. The first-order valence-corrected chi connectivity index (χ1v) is 32.3. The topological polar surface area (TPSA) is 402 Å². The standard InChI is InChI=1S/C22H35NO7.C22H37NO6.C21H34NO11P/c1-12-16(24)17(25)18(19(26)27)30-20(12)29-15-9-8-13(11-28-22(5,6)7)10-14(15)23-21(2,3)4;1-13-18(25)19(26)17(11-24)29-20(13)28-16-9-8-14(12-27-22(5,6)7)10-15(16)23-21(2,3)4;1-20(2,3)22-12-9-11(10-30-34(28,29)33-21(4,5)6)7-8-13(12)31-19-16(25)14(23)15(24)17(32-19)18(26)27/h8-10,12,16-18,20,23-25H,11H2,1-7H3,(H,26,27);8-10,13,17-20,23-26H,11-12H2,1-7H3;7-9,14-17,19,22-25H,10H2,1-6H3,(H,26,27)(H,28,29). The summed E-state index contributed by atoms with van der Waals surface area (Å²) in [5, 5.41) is 109. The number of phosphoric ester groups is 1. The lowest BCUT2D eigenvalue weighted by molar-refractivity contribution is -0.271. The van der Waals surface area contributed by atoms with Crippen LogP contribution in [0.3, 0.4) is 0 Å². The molecule has 0 spiro atoms. The van der Waals surface area contributed by atoms with E-state index in [1.165, 1.54) is 12.1 Å². The highest BCUT2D eigenvalue weighted by Gasteiger charge is 2.50. The summed E-state index contributed by atoms with van der Waals surface area (Å²) in [6.45, 7) is 38.2. The van der Waals surface area contributed by atoms with Gasteiger partial charge in [0, 0.05) is 28.5 Å². The molecular formula is C65H106N3O24P. The third-order valence-electron chi connectivity index (χ3n) is 13.7. The molecule has 0 saturated carbocycles. The smallest absolute Gasteiger partial charge is 0.473 e. The predicted octanol–water partition coefficient (Wildman–Crippen LogP) is 7.02. The van der Waals surface area contributed by atoms with Gasteiger partial charge in [0.05, 0.1) is 72.5 Å². The number of rotatable bonds is 20. The zero-order valence-electron chi connectivity index (χ0n) is 57.4. The van der Waals surface area contributed by atoms with Crippen molar-refractivity contribution >= 4 is 36.8 Å². The van der Waals surface area contributed by atoms with Gasteiger partial charge in [0.25, 0.3) is 0 Å². The molecule has 0 bridgehead atoms. The van der Waals surface area contributed by atoms with Crippen LogP contribution in [-0.4, -0.2) is 188 Å². The number of hydrogen-bond acceptors (Lipinski definition) is 24. The quantitative estimate of drug-likeness (QED) is 0.0505. The maximum atomic E-state index is 12.2. The van der Waals surface area contributed by atoms with Crippen molar-refractivity contribution in [2.75, 3.05) is 22.6 Å². The number of carboxylic acid groups (broad SMARTS) is 2. The van der Waals surface area contributed by atoms with E-state index in [2.05, 4.69) is 36.7 Å². The molecule has 530 valence electrons. The molecule has 3 fully saturated rings. The van der Waals surface area contributed by atoms with Gasteiger partial charge in [-0.05, 0) is 178 Å². The van der Waals surface area contributed by atoms with Crippen molar-refractivity contribution in [3.63, 3.8) is 0 Å². The van der Waals surface area contributed by atoms with Crippen LogP contribution in [0.4, 0.5) is 17.1 Å². The molecular weight excluding hydrogens is 1240 g/mol. The van der Waals surface area contributed by atoms with Crippen molar-refractivity contribution in [1.82, 2.24) is 0 Å². The first kappa shape index (κ1) is 80.4. The van der Waals surface area contributed by atoms with Gasteiger partial charge in [0.2, 0.25) is 18.9 Å². The Kier molecular flexibility index (Phi) is 28.0. The van der Waals surface area contributed by atoms with Crippen molar-refractivity contribution in [3.8, 4) is 17.2 Å². The average Bonchev–Trinajstić information content (AvgIpc) is 0.866. The number of hydrogen-bond donors (Lipinski definition) is 14. The van der Waals surface area contributed by atoms with Crippen molar-refractivity contribution in [2.45, 2.75) is 272 Å². The monoisotopic (exact) mass is 1340 g/mol. The second-order valence-corrected chi connectivity index (χ2v) is 31.0. The van der Waals surface area contributed by atoms with Crippen LogP contribution in [0.5, 0.6) is 17.2 Å². The van der Waals surface area contributed by atoms with Crippen LogP contribution in [0, 0.1) is 11.8 Å². The second-order valence-electron chi connectivity index (χ2n) is 29.6. The van der Waals surface area contributed by atoms with Gasteiger partial charge in [-0.3, -0.25) is 9.05 Å². The molecule has 16 atom stereocenters. The lowest BCUT2D eigenvalue weighted by atomic mass is 9.92. The minimum absolute atomic E-state index is 0.133. The van der Waals surface area contributed by atoms with E-state index >= 15 is 0 Å². The number of carbonyl (C=O) groups is 2. The Morgan fingerprint density at radius 2 is 0.796 bits per heavy atom. The molecule has 3 aliphatic rings. The summed E-state index contributed by atoms with van der Waals surface area (Å²) >= 11 is 0. The zero-order valence-corrected chi connectivity index (χ0v) is 58.3. The van der Waals surface area contributed by atoms with Crippen LogP contribution in [0.25, 0.3) is 0 Å². The molecule has 0 aromatic heterocycles. The van der Waals surface area contributed by atoms with Gasteiger partial charge in [0.1, 0.15) is 53.9 Å². The van der Waals surface area contributed by atoms with Crippen LogP contribution >= 0.6 is 7.82 Å². The average molecular weight is 1340 g/mol. The zero-order chi connectivity index (χ0) is 70.9. The number of aliphatic hydroxyl groups excluding tert-OH is 8. The first-order valence-electron chi connectivity index (χ1n) is 30.9. The number of aliphatic carboxylic acids is 2. The molecule has 6 rings (SSSR count). The summed E-state index contributed by atoms with van der Waals surface area (Å²) in [6, 6.07) is 15.9. The van der Waals surface area contributed by atoms with E-state index in [1.54, 1.807) is 46.8 Å². The molecule has 0 amide bonds. The normalized spacial score (nSPS) is 27.8. The van der Waals surface area contributed by atoms with Crippen molar-refractivity contribution in [3.05, 3.63) is 71.3 Å². The van der Waals surface area contributed by atoms with Gasteiger partial charge in [-0.1, -0.05) is 32.0 Å². The summed E-state index contributed by atoms with van der Waals surface area (Å²) < 4.78 is 68.1. The van der Waals surface area contributed by atoms with Crippen LogP contribution in [-0.2, 0) is 66.7 Å². The van der Waals surface area contributed by atoms with Gasteiger partial charge >= 0.3 is 19.8 Å². The minimum atomic E-state index is -4.33. The fraction of sp³-hybridized carbons (Fsp3) is 0.692. The number of ether oxygens (including phenoxy) is 8. The van der Waals surface area contributed by atoms with E-state index in [4.69, 9.17) is 46.9 Å². The highest BCUT2D eigenvalue weighted by atomic mass is 31.2. The number of carboxylic acids is 2. The molecule has 28 heteroatoms. The maximum Gasteiger partial charge on any atom is 0.473 e. The molecule has 3 aromatic rings. The number of phosphoric acid groups is 1. The lowest BCUT2D eigenvalue weighted by Crippen LogP contribution is -2.61. The largest absolute Gasteiger partial charge is 0.479 e. The Bertz CT molecular complexity index is 2930. The van der Waals surface area contributed by atoms with Crippen LogP contribution < -0.4 is 30.2 Å². The SMILES string of the molecule is CC(C)(C)Nc1cc(COP(=O)(O)OC(C)(C)C)ccc1OC1OC(C(=O)O)C(O)C(O)C1O.CC1C(Oc2ccc(COC(C)(C)C)cc2NC(C)(C)C)OC(C(=O)O)C(O)C1O.CC1C(Oc2ccc(COC(C)(C)C)cc2NC(C)(C)C)OC(CO)C(O)C1O. The number of aliphatic hydroxyl groups is 8. The molecule has 0 radical (unpaired) electrons. The Labute approximate surface area is 546 Å². The minimum Gasteiger partial charge on any atom is -0.479 e. The Hall–Kier alpha value is -5.01. The Morgan fingerprint density at radius 3 is 1.14 bits per heavy atom. The van der Waals surface area contributed by atoms with Crippen molar-refractivity contribution in [1.29, 1.82) is 0 Å². The summed E-state index contributed by atoms with van der Waals surface area (Å²) in [4.78, 5) is 32.6. The fourth-order valence-electron chi connectivity index (χ4n) is 9.16. The van der Waals surface area contributed by atoms with E-state index in [-0.39, 0.29) is 34.6 Å². The van der Waals surface area contributed by atoms with Gasteiger partial charge in [-0.25, -0.2) is 14.2 Å². The molecule has 3 heterocycles. The predicted molar refractivity (Wildman–Crippen MR) is 345 cm³/mol. The highest BCUT2D eigenvalue weighted by Crippen LogP contribution is 2.48. The van der Waals surface area contributed by atoms with Crippen LogP contribution in [0.15, 0.2) is 54.6 Å². The van der Waals surface area contributed by atoms with E-state index in [0.717, 1.165) is 16.8 Å². The van der Waals surface area contributed by atoms with Crippen molar-refractivity contribution < 1.29 is 117 Å². The molecule has 3 saturated heterocycles. The summed E-state index contributed by atoms with van der Waals surface area (Å²) in [7, 11) is -4.33. The third-order valence-corrected chi connectivity index (χ3v) is 14.9.